The van der Waals surface area contributed by atoms with Crippen molar-refractivity contribution in [2.75, 3.05) is 13.2 Å². The number of ether oxygens (including phenoxy) is 1. The Morgan fingerprint density at radius 2 is 1.97 bits per heavy atom. The first kappa shape index (κ1) is 23.0. The van der Waals surface area contributed by atoms with Gasteiger partial charge in [-0.1, -0.05) is 24.8 Å². The number of Topliss-reactive ketones (excluding diaryl/α,β-unsaturated/α-hetero) is 1. The van der Waals surface area contributed by atoms with Gasteiger partial charge in [0.1, 0.15) is 23.9 Å². The van der Waals surface area contributed by atoms with E-state index in [4.69, 9.17) is 4.74 Å². The van der Waals surface area contributed by atoms with Gasteiger partial charge < -0.3 is 19.3 Å². The molecule has 1 saturated heterocycles. The smallest absolute Gasteiger partial charge is 0.295 e. The van der Waals surface area contributed by atoms with Gasteiger partial charge in [0.15, 0.2) is 0 Å². The molecule has 8 heteroatoms. The van der Waals surface area contributed by atoms with E-state index < -0.39 is 23.5 Å². The second-order valence-electron chi connectivity index (χ2n) is 7.83. The van der Waals surface area contributed by atoms with Crippen LogP contribution in [0.5, 0.6) is 5.75 Å². The number of aliphatic hydroxyl groups is 1. The van der Waals surface area contributed by atoms with Crippen LogP contribution in [0.4, 0.5) is 4.39 Å². The molecule has 2 heterocycles. The van der Waals surface area contributed by atoms with Gasteiger partial charge in [0.25, 0.3) is 11.7 Å². The van der Waals surface area contributed by atoms with Gasteiger partial charge in [-0.25, -0.2) is 9.37 Å². The van der Waals surface area contributed by atoms with Crippen LogP contribution in [-0.2, 0) is 16.1 Å². The Morgan fingerprint density at radius 1 is 1.18 bits per heavy atom. The van der Waals surface area contributed by atoms with Gasteiger partial charge in [-0.15, -0.1) is 0 Å². The van der Waals surface area contributed by atoms with Crippen molar-refractivity contribution in [2.24, 2.45) is 0 Å². The van der Waals surface area contributed by atoms with E-state index in [9.17, 15) is 19.1 Å². The third-order valence-electron chi connectivity index (χ3n) is 5.57. The number of hydrogen-bond donors (Lipinski definition) is 1. The van der Waals surface area contributed by atoms with E-state index in [2.05, 4.69) is 11.6 Å². The fourth-order valence-electron chi connectivity index (χ4n) is 4.00. The van der Waals surface area contributed by atoms with Gasteiger partial charge in [0.05, 0.1) is 17.9 Å². The quantitative estimate of drug-likeness (QED) is 0.225. The van der Waals surface area contributed by atoms with Crippen molar-refractivity contribution in [3.05, 3.63) is 102 Å². The number of carbonyl (C=O) groups excluding carboxylic acids is 2. The first-order valence-corrected chi connectivity index (χ1v) is 10.8. The summed E-state index contributed by atoms with van der Waals surface area (Å²) in [5.41, 5.74) is 0.691. The Morgan fingerprint density at radius 3 is 2.65 bits per heavy atom. The third kappa shape index (κ3) is 4.76. The minimum absolute atomic E-state index is 0.0713. The molecule has 1 fully saturated rings. The molecule has 3 aromatic rings. The van der Waals surface area contributed by atoms with Crippen LogP contribution in [-0.4, -0.2) is 44.4 Å². The number of likely N-dealkylation sites (tertiary alicyclic amines) is 1. The summed E-state index contributed by atoms with van der Waals surface area (Å²) in [6, 6.07) is 11.3. The number of rotatable bonds is 9. The van der Waals surface area contributed by atoms with Crippen molar-refractivity contribution in [1.29, 1.82) is 0 Å². The normalized spacial score (nSPS) is 17.2. The maximum Gasteiger partial charge on any atom is 0.295 e. The molecule has 0 saturated carbocycles. The predicted octanol–water partition coefficient (Wildman–Crippen LogP) is 4.10. The van der Waals surface area contributed by atoms with Crippen LogP contribution in [0.1, 0.15) is 23.6 Å². The molecule has 1 aliphatic heterocycles. The van der Waals surface area contributed by atoms with E-state index in [1.165, 1.54) is 23.1 Å². The lowest BCUT2D eigenvalue weighted by atomic mass is 9.95. The fourth-order valence-corrected chi connectivity index (χ4v) is 4.00. The van der Waals surface area contributed by atoms with Crippen LogP contribution in [0, 0.1) is 5.82 Å². The largest absolute Gasteiger partial charge is 0.507 e. The number of imidazole rings is 1. The summed E-state index contributed by atoms with van der Waals surface area (Å²) >= 11 is 0. The lowest BCUT2D eigenvalue weighted by Gasteiger charge is -2.25. The highest BCUT2D eigenvalue weighted by molar-refractivity contribution is 6.46. The molecule has 1 N–H and O–H groups in total. The molecule has 174 valence electrons. The molecule has 0 radical (unpaired) electrons. The molecule has 0 aliphatic carbocycles. The summed E-state index contributed by atoms with van der Waals surface area (Å²) in [5, 5.41) is 11.1. The van der Waals surface area contributed by atoms with Crippen LogP contribution in [0.3, 0.4) is 0 Å². The van der Waals surface area contributed by atoms with Gasteiger partial charge in [-0.05, 0) is 48.4 Å². The monoisotopic (exact) mass is 461 g/mol. The summed E-state index contributed by atoms with van der Waals surface area (Å²) in [6.07, 6.45) is 7.29. The second kappa shape index (κ2) is 10.2. The molecular formula is C26H24FN3O4. The number of aromatic nitrogens is 2. The van der Waals surface area contributed by atoms with Crippen LogP contribution in [0.25, 0.3) is 5.76 Å². The summed E-state index contributed by atoms with van der Waals surface area (Å²) < 4.78 is 21.4. The van der Waals surface area contributed by atoms with Crippen molar-refractivity contribution in [2.45, 2.75) is 19.0 Å². The number of aliphatic hydroxyl groups excluding tert-OH is 1. The minimum Gasteiger partial charge on any atom is -0.507 e. The lowest BCUT2D eigenvalue weighted by Crippen LogP contribution is -2.31. The maximum absolute atomic E-state index is 14.1. The van der Waals surface area contributed by atoms with E-state index in [1.807, 2.05) is 4.57 Å². The van der Waals surface area contributed by atoms with E-state index in [-0.39, 0.29) is 17.9 Å². The SMILES string of the molecule is C=CCOc1ccc(/C(O)=C2/C(=O)C(=O)N(CCCn3ccnc3)C2c2cccc(F)c2)cc1. The molecule has 0 spiro atoms. The number of hydrogen-bond acceptors (Lipinski definition) is 5. The molecule has 1 amide bonds. The molecule has 0 bridgehead atoms. The van der Waals surface area contributed by atoms with Gasteiger partial charge in [-0.2, -0.15) is 0 Å². The standard InChI is InChI=1S/C26H24FN3O4/c1-2-15-34-21-9-7-18(8-10-21)24(31)22-23(19-5-3-6-20(27)16-19)30(26(33)25(22)32)13-4-12-29-14-11-28-17-29/h2-3,5-11,14,16-17,23,31H,1,4,12-13,15H2/b24-22-. The van der Waals surface area contributed by atoms with Gasteiger partial charge in [-0.3, -0.25) is 9.59 Å². The Hall–Kier alpha value is -4.20. The molecular weight excluding hydrogens is 437 g/mol. The highest BCUT2D eigenvalue weighted by atomic mass is 19.1. The maximum atomic E-state index is 14.1. The number of halogens is 1. The highest BCUT2D eigenvalue weighted by Crippen LogP contribution is 2.39. The average Bonchev–Trinajstić information content (AvgIpc) is 3.45. The predicted molar refractivity (Wildman–Crippen MR) is 124 cm³/mol. The molecule has 1 atom stereocenters. The summed E-state index contributed by atoms with van der Waals surface area (Å²) in [6.45, 7) is 4.76. The Bertz CT molecular complexity index is 1220. The highest BCUT2D eigenvalue weighted by Gasteiger charge is 2.45. The second-order valence-corrected chi connectivity index (χ2v) is 7.83. The van der Waals surface area contributed by atoms with E-state index in [1.54, 1.807) is 55.1 Å². The molecule has 2 aromatic carbocycles. The Labute approximate surface area is 196 Å². The van der Waals surface area contributed by atoms with Crippen molar-refractivity contribution >= 4 is 17.4 Å². The fraction of sp³-hybridized carbons (Fsp3) is 0.192. The minimum atomic E-state index is -0.907. The molecule has 4 rings (SSSR count). The van der Waals surface area contributed by atoms with Crippen molar-refractivity contribution in [3.63, 3.8) is 0 Å². The molecule has 1 aromatic heterocycles. The molecule has 1 aliphatic rings. The summed E-state index contributed by atoms with van der Waals surface area (Å²) in [4.78, 5) is 31.4. The first-order chi connectivity index (χ1) is 16.5. The molecule has 34 heavy (non-hydrogen) atoms. The number of ketones is 1. The van der Waals surface area contributed by atoms with Crippen LogP contribution >= 0.6 is 0 Å². The van der Waals surface area contributed by atoms with Crippen molar-refractivity contribution in [1.82, 2.24) is 14.5 Å². The summed E-state index contributed by atoms with van der Waals surface area (Å²) in [7, 11) is 0. The zero-order valence-corrected chi connectivity index (χ0v) is 18.4. The summed E-state index contributed by atoms with van der Waals surface area (Å²) in [5.74, 6) is -1.78. The number of aryl methyl sites for hydroxylation is 1. The Kier molecular flexibility index (Phi) is 6.87. The van der Waals surface area contributed by atoms with Gasteiger partial charge >= 0.3 is 0 Å². The van der Waals surface area contributed by atoms with E-state index >= 15 is 0 Å². The number of nitrogens with zero attached hydrogens (tertiary/aromatic N) is 3. The zero-order valence-electron chi connectivity index (χ0n) is 18.4. The van der Waals surface area contributed by atoms with Crippen LogP contribution in [0.15, 0.2) is 85.5 Å². The number of benzene rings is 2. The average molecular weight is 461 g/mol. The van der Waals surface area contributed by atoms with E-state index in [0.29, 0.717) is 36.4 Å². The Balaban J connectivity index is 1.69. The van der Waals surface area contributed by atoms with Crippen LogP contribution < -0.4 is 4.74 Å². The molecule has 1 unspecified atom stereocenters. The van der Waals surface area contributed by atoms with E-state index in [0.717, 1.165) is 0 Å². The molecule has 7 nitrogen and oxygen atoms in total. The first-order valence-electron chi connectivity index (χ1n) is 10.8. The van der Waals surface area contributed by atoms with Crippen molar-refractivity contribution in [3.8, 4) is 5.75 Å². The van der Waals surface area contributed by atoms with Gasteiger partial charge in [0, 0.05) is 31.0 Å². The topological polar surface area (TPSA) is 84.7 Å². The number of carbonyl (C=O) groups is 2. The van der Waals surface area contributed by atoms with Crippen molar-refractivity contribution < 1.29 is 23.8 Å². The zero-order chi connectivity index (χ0) is 24.1. The number of amides is 1. The third-order valence-corrected chi connectivity index (χ3v) is 5.57. The van der Waals surface area contributed by atoms with Gasteiger partial charge in [0.2, 0.25) is 0 Å². The lowest BCUT2D eigenvalue weighted by molar-refractivity contribution is -0.139. The van der Waals surface area contributed by atoms with Crippen LogP contribution in [0.2, 0.25) is 0 Å².